The molecule has 1 aliphatic rings. The first-order valence-corrected chi connectivity index (χ1v) is 15.3. The summed E-state index contributed by atoms with van der Waals surface area (Å²) in [6.45, 7) is 0.676. The number of benzene rings is 3. The number of carbonyl (C=O) groups is 2. The van der Waals surface area contributed by atoms with Crippen molar-refractivity contribution in [3.63, 3.8) is 0 Å². The molecule has 0 aliphatic carbocycles. The van der Waals surface area contributed by atoms with Gasteiger partial charge in [-0.25, -0.2) is 22.9 Å². The van der Waals surface area contributed by atoms with E-state index in [9.17, 15) is 22.8 Å². The van der Waals surface area contributed by atoms with Crippen LogP contribution in [0.1, 0.15) is 33.6 Å². The number of carbonyl (C=O) groups excluding carboxylic acids is 2. The highest BCUT2D eigenvalue weighted by molar-refractivity contribution is 7.19. The van der Waals surface area contributed by atoms with Crippen LogP contribution in [0.4, 0.5) is 23.8 Å². The second-order valence-electron chi connectivity index (χ2n) is 11.0. The van der Waals surface area contributed by atoms with Gasteiger partial charge in [-0.3, -0.25) is 4.79 Å². The Balaban J connectivity index is 1.22. The number of anilines is 1. The van der Waals surface area contributed by atoms with Gasteiger partial charge in [0.15, 0.2) is 0 Å². The first-order valence-electron chi connectivity index (χ1n) is 14.5. The van der Waals surface area contributed by atoms with E-state index in [2.05, 4.69) is 15.6 Å². The van der Waals surface area contributed by atoms with Crippen molar-refractivity contribution in [3.8, 4) is 22.3 Å². The Morgan fingerprint density at radius 3 is 2.24 bits per heavy atom. The van der Waals surface area contributed by atoms with Crippen LogP contribution in [0.15, 0.2) is 85.1 Å². The number of hydrogen-bond acceptors (Lipinski definition) is 5. The van der Waals surface area contributed by atoms with Gasteiger partial charge >= 0.3 is 6.03 Å². The van der Waals surface area contributed by atoms with Crippen molar-refractivity contribution < 1.29 is 22.8 Å². The number of nitrogens with one attached hydrogen (secondary N) is 2. The zero-order chi connectivity index (χ0) is 31.6. The van der Waals surface area contributed by atoms with Crippen molar-refractivity contribution in [3.05, 3.63) is 107 Å². The number of piperidine rings is 1. The van der Waals surface area contributed by atoms with Crippen LogP contribution >= 0.6 is 11.3 Å². The van der Waals surface area contributed by atoms with Crippen molar-refractivity contribution in [1.82, 2.24) is 20.5 Å². The molecule has 1 fully saturated rings. The summed E-state index contributed by atoms with van der Waals surface area (Å²) in [5, 5.41) is 6.66. The van der Waals surface area contributed by atoms with Gasteiger partial charge in [-0.05, 0) is 76.2 Å². The number of nitrogen functional groups attached to an aromatic ring is 1. The third kappa shape index (κ3) is 7.09. The molecular weight excluding hydrogens is 599 g/mol. The number of nitrogens with zero attached hydrogens (tertiary/aromatic N) is 2. The molecule has 0 spiro atoms. The molecule has 0 atom stereocenters. The number of urea groups is 1. The van der Waals surface area contributed by atoms with Crippen molar-refractivity contribution in [2.24, 2.45) is 0 Å². The quantitative estimate of drug-likeness (QED) is 0.177. The van der Waals surface area contributed by atoms with Crippen LogP contribution in [0.5, 0.6) is 0 Å². The minimum Gasteiger partial charge on any atom is -0.384 e. The summed E-state index contributed by atoms with van der Waals surface area (Å²) in [6.07, 6.45) is 0.958. The van der Waals surface area contributed by atoms with Crippen LogP contribution in [-0.4, -0.2) is 40.8 Å². The number of fused-ring (bicyclic) bond motifs is 1. The highest BCUT2D eigenvalue weighted by atomic mass is 32.1. The summed E-state index contributed by atoms with van der Waals surface area (Å²) in [5.74, 6) is -2.90. The van der Waals surface area contributed by atoms with Gasteiger partial charge in [0.05, 0.1) is 6.54 Å². The molecule has 3 amide bonds. The molecule has 3 aromatic carbocycles. The molecule has 7 nitrogen and oxygen atoms in total. The van der Waals surface area contributed by atoms with Gasteiger partial charge in [-0.1, -0.05) is 30.3 Å². The molecule has 4 N–H and O–H groups in total. The minimum absolute atomic E-state index is 0.0301. The van der Waals surface area contributed by atoms with Crippen molar-refractivity contribution in [1.29, 1.82) is 0 Å². The maximum absolute atomic E-state index is 13.8. The molecule has 1 aliphatic heterocycles. The van der Waals surface area contributed by atoms with Crippen LogP contribution in [0.2, 0.25) is 0 Å². The van der Waals surface area contributed by atoms with Crippen LogP contribution in [0, 0.1) is 5.82 Å². The lowest BCUT2D eigenvalue weighted by atomic mass is 9.96. The fourth-order valence-electron chi connectivity index (χ4n) is 5.28. The third-order valence-corrected chi connectivity index (χ3v) is 8.98. The molecule has 11 heteroatoms. The molecule has 0 unspecified atom stereocenters. The number of rotatable bonds is 7. The van der Waals surface area contributed by atoms with E-state index < -0.39 is 5.92 Å². The Morgan fingerprint density at radius 2 is 1.56 bits per heavy atom. The van der Waals surface area contributed by atoms with E-state index in [0.29, 0.717) is 24.5 Å². The Hall–Kier alpha value is -4.90. The molecule has 0 radical (unpaired) electrons. The van der Waals surface area contributed by atoms with Gasteiger partial charge in [0.2, 0.25) is 0 Å². The van der Waals surface area contributed by atoms with Crippen LogP contribution in [0.3, 0.4) is 0 Å². The zero-order valence-electron chi connectivity index (χ0n) is 24.2. The molecule has 2 aromatic heterocycles. The van der Waals surface area contributed by atoms with Crippen molar-refractivity contribution in [2.75, 3.05) is 18.8 Å². The molecule has 6 rings (SSSR count). The molecule has 3 heterocycles. The smallest absolute Gasteiger partial charge is 0.315 e. The van der Waals surface area contributed by atoms with E-state index in [1.807, 2.05) is 30.3 Å². The lowest BCUT2D eigenvalue weighted by Crippen LogP contribution is -2.42. The first kappa shape index (κ1) is 30.1. The average Bonchev–Trinajstić information content (AvgIpc) is 3.46. The lowest BCUT2D eigenvalue weighted by molar-refractivity contribution is -0.0494. The number of amides is 3. The highest BCUT2D eigenvalue weighted by Gasteiger charge is 2.35. The first-order chi connectivity index (χ1) is 21.6. The number of halogens is 3. The summed E-state index contributed by atoms with van der Waals surface area (Å²) in [6, 6.07) is 22.7. The number of likely N-dealkylation sites (tertiary alicyclic amines) is 1. The van der Waals surface area contributed by atoms with E-state index in [0.717, 1.165) is 42.8 Å². The SMILES string of the molecule is Nc1ccc(CNC(=O)NCc2cc3cc(-c4ccc(C(=O)N5CCC(F)(F)CC5)cc4)cc(-c4ccc(F)cc4)c3s2)cn1. The summed E-state index contributed by atoms with van der Waals surface area (Å²) in [5.41, 5.74) is 10.4. The maximum atomic E-state index is 13.8. The molecule has 0 saturated carbocycles. The van der Waals surface area contributed by atoms with E-state index in [1.165, 1.54) is 17.0 Å². The number of thiophene rings is 1. The summed E-state index contributed by atoms with van der Waals surface area (Å²) >= 11 is 1.54. The predicted octanol–water partition coefficient (Wildman–Crippen LogP) is 7.22. The fourth-order valence-corrected chi connectivity index (χ4v) is 6.40. The molecule has 0 bridgehead atoms. The minimum atomic E-state index is -2.72. The molecular formula is C34H30F3N5O2S. The van der Waals surface area contributed by atoms with Crippen LogP contribution in [0.25, 0.3) is 32.3 Å². The topological polar surface area (TPSA) is 100 Å². The Labute approximate surface area is 261 Å². The van der Waals surface area contributed by atoms with Gasteiger partial charge in [-0.2, -0.15) is 0 Å². The molecule has 230 valence electrons. The van der Waals surface area contributed by atoms with Gasteiger partial charge in [0, 0.05) is 59.4 Å². The second-order valence-corrected chi connectivity index (χ2v) is 12.2. The fraction of sp³-hybridized carbons (Fsp3) is 0.206. The standard InChI is InChI=1S/C34H30F3N5O2S/c35-27-8-6-23(7-9-27)29-17-25(22-2-4-24(5-3-22)32(43)42-13-11-34(36,37)12-14-42)15-26-16-28(45-31(26)29)20-41-33(44)40-19-21-1-10-30(38)39-18-21/h1-10,15-18H,11-14,19-20H2,(H2,38,39)(H2,40,41,44). The van der Waals surface area contributed by atoms with E-state index in [1.54, 1.807) is 53.9 Å². The number of aromatic nitrogens is 1. The van der Waals surface area contributed by atoms with Gasteiger partial charge in [0.25, 0.3) is 11.8 Å². The van der Waals surface area contributed by atoms with Crippen molar-refractivity contribution in [2.45, 2.75) is 31.9 Å². The summed E-state index contributed by atoms with van der Waals surface area (Å²) < 4.78 is 41.9. The Bertz CT molecular complexity index is 1830. The van der Waals surface area contributed by atoms with Gasteiger partial charge in [0.1, 0.15) is 11.6 Å². The van der Waals surface area contributed by atoms with Gasteiger partial charge < -0.3 is 21.3 Å². The van der Waals surface area contributed by atoms with Crippen molar-refractivity contribution >= 4 is 39.2 Å². The monoisotopic (exact) mass is 629 g/mol. The Kier molecular flexibility index (Phi) is 8.44. The molecule has 45 heavy (non-hydrogen) atoms. The van der Waals surface area contributed by atoms with E-state index in [4.69, 9.17) is 5.73 Å². The van der Waals surface area contributed by atoms with Crippen LogP contribution < -0.4 is 16.4 Å². The van der Waals surface area contributed by atoms with Crippen LogP contribution in [-0.2, 0) is 13.1 Å². The second kappa shape index (κ2) is 12.6. The third-order valence-electron chi connectivity index (χ3n) is 7.79. The average molecular weight is 630 g/mol. The largest absolute Gasteiger partial charge is 0.384 e. The Morgan fingerprint density at radius 1 is 0.867 bits per heavy atom. The number of pyridine rings is 1. The zero-order valence-corrected chi connectivity index (χ0v) is 25.0. The summed E-state index contributed by atoms with van der Waals surface area (Å²) in [7, 11) is 0. The molecule has 1 saturated heterocycles. The maximum Gasteiger partial charge on any atom is 0.315 e. The van der Waals surface area contributed by atoms with Gasteiger partial charge in [-0.15, -0.1) is 11.3 Å². The highest BCUT2D eigenvalue weighted by Crippen LogP contribution is 2.39. The predicted molar refractivity (Wildman–Crippen MR) is 170 cm³/mol. The number of nitrogens with two attached hydrogens (primary N) is 1. The normalized spacial score (nSPS) is 14.3. The molecule has 5 aromatic rings. The number of alkyl halides is 2. The van der Waals surface area contributed by atoms with E-state index in [-0.39, 0.29) is 43.7 Å². The number of hydrogen-bond donors (Lipinski definition) is 3. The summed E-state index contributed by atoms with van der Waals surface area (Å²) in [4.78, 5) is 31.9. The lowest BCUT2D eigenvalue weighted by Gasteiger charge is -2.31. The van der Waals surface area contributed by atoms with E-state index >= 15 is 0 Å².